The summed E-state index contributed by atoms with van der Waals surface area (Å²) in [7, 11) is 0. The minimum absolute atomic E-state index is 0.0687. The van der Waals surface area contributed by atoms with Crippen LogP contribution in [0.3, 0.4) is 0 Å². The number of hydrogen-bond donors (Lipinski definition) is 2. The van der Waals surface area contributed by atoms with Gasteiger partial charge in [-0.2, -0.15) is 11.3 Å². The van der Waals surface area contributed by atoms with E-state index >= 15 is 0 Å². The highest BCUT2D eigenvalue weighted by atomic mass is 35.5. The number of carbonyl (C=O) groups is 1. The summed E-state index contributed by atoms with van der Waals surface area (Å²) in [5.74, 6) is -0.632. The van der Waals surface area contributed by atoms with Crippen LogP contribution in [0, 0.1) is 5.82 Å². The fourth-order valence-corrected chi connectivity index (χ4v) is 2.44. The molecule has 0 saturated heterocycles. The third-order valence-electron chi connectivity index (χ3n) is 2.68. The number of nitrogens with one attached hydrogen (secondary N) is 1. The van der Waals surface area contributed by atoms with Gasteiger partial charge in [0.1, 0.15) is 11.6 Å². The number of ether oxygens (including phenoxy) is 1. The zero-order chi connectivity index (χ0) is 15.2. The quantitative estimate of drug-likeness (QED) is 0.856. The average molecular weight is 330 g/mol. The molecule has 0 bridgehead atoms. The number of aliphatic hydroxyl groups is 1. The van der Waals surface area contributed by atoms with Gasteiger partial charge in [0, 0.05) is 12.6 Å². The van der Waals surface area contributed by atoms with E-state index in [2.05, 4.69) is 5.32 Å². The first-order valence-electron chi connectivity index (χ1n) is 6.11. The van der Waals surface area contributed by atoms with Crippen LogP contribution in [0.4, 0.5) is 4.39 Å². The molecule has 7 heteroatoms. The van der Waals surface area contributed by atoms with E-state index in [1.54, 1.807) is 6.07 Å². The fourth-order valence-electron chi connectivity index (χ4n) is 1.56. The first-order valence-corrected chi connectivity index (χ1v) is 7.43. The van der Waals surface area contributed by atoms with E-state index in [0.29, 0.717) is 5.75 Å². The van der Waals surface area contributed by atoms with Crippen LogP contribution < -0.4 is 10.1 Å². The van der Waals surface area contributed by atoms with Gasteiger partial charge < -0.3 is 15.2 Å². The van der Waals surface area contributed by atoms with Crippen LogP contribution >= 0.6 is 22.9 Å². The van der Waals surface area contributed by atoms with E-state index in [-0.39, 0.29) is 24.1 Å². The Balaban J connectivity index is 1.75. The van der Waals surface area contributed by atoms with Crippen molar-refractivity contribution in [2.45, 2.75) is 6.10 Å². The number of hydrogen-bond acceptors (Lipinski definition) is 4. The van der Waals surface area contributed by atoms with Gasteiger partial charge in [-0.1, -0.05) is 11.6 Å². The van der Waals surface area contributed by atoms with Crippen molar-refractivity contribution in [3.05, 3.63) is 51.4 Å². The van der Waals surface area contributed by atoms with Gasteiger partial charge in [-0.25, -0.2) is 4.39 Å². The van der Waals surface area contributed by atoms with Gasteiger partial charge in [0.2, 0.25) is 0 Å². The van der Waals surface area contributed by atoms with Crippen LogP contribution in [-0.4, -0.2) is 24.2 Å². The lowest BCUT2D eigenvalue weighted by Gasteiger charge is -2.11. The molecule has 2 N–H and O–H groups in total. The molecule has 1 atom stereocenters. The standard InChI is InChI=1S/C14H13ClFNO3S/c15-11-5-10(1-2-12(11)16)20-7-14(19)17-6-13(18)9-3-4-21-8-9/h1-5,8,13,18H,6-7H2,(H,17,19). The van der Waals surface area contributed by atoms with Crippen molar-refractivity contribution >= 4 is 28.8 Å². The Labute approximate surface area is 130 Å². The number of rotatable bonds is 6. The van der Waals surface area contributed by atoms with Gasteiger partial charge in [0.15, 0.2) is 6.61 Å². The molecule has 0 saturated carbocycles. The molecule has 1 aromatic carbocycles. The molecule has 1 unspecified atom stereocenters. The first-order chi connectivity index (χ1) is 10.1. The van der Waals surface area contributed by atoms with E-state index in [1.165, 1.54) is 23.5 Å². The third-order valence-corrected chi connectivity index (χ3v) is 3.67. The Morgan fingerprint density at radius 3 is 2.95 bits per heavy atom. The topological polar surface area (TPSA) is 58.6 Å². The van der Waals surface area contributed by atoms with Gasteiger partial charge in [-0.05, 0) is 34.5 Å². The van der Waals surface area contributed by atoms with Crippen molar-refractivity contribution in [3.8, 4) is 5.75 Å². The first kappa shape index (κ1) is 15.8. The molecule has 2 rings (SSSR count). The van der Waals surface area contributed by atoms with Gasteiger partial charge in [0.25, 0.3) is 5.91 Å². The Hall–Kier alpha value is -1.63. The van der Waals surface area contributed by atoms with E-state index in [4.69, 9.17) is 16.3 Å². The SMILES string of the molecule is O=C(COc1ccc(F)c(Cl)c1)NCC(O)c1ccsc1. The van der Waals surface area contributed by atoms with Gasteiger partial charge in [0.05, 0.1) is 11.1 Å². The maximum absolute atomic E-state index is 12.9. The largest absolute Gasteiger partial charge is 0.484 e. The van der Waals surface area contributed by atoms with E-state index in [1.807, 2.05) is 10.8 Å². The molecule has 0 aliphatic rings. The van der Waals surface area contributed by atoms with Crippen LogP contribution in [0.5, 0.6) is 5.75 Å². The Kier molecular flexibility index (Phi) is 5.55. The van der Waals surface area contributed by atoms with Crippen LogP contribution in [0.25, 0.3) is 0 Å². The van der Waals surface area contributed by atoms with E-state index < -0.39 is 11.9 Å². The highest BCUT2D eigenvalue weighted by Crippen LogP contribution is 2.21. The Morgan fingerprint density at radius 1 is 1.48 bits per heavy atom. The minimum Gasteiger partial charge on any atom is -0.484 e. The monoisotopic (exact) mass is 329 g/mol. The summed E-state index contributed by atoms with van der Waals surface area (Å²) in [5, 5.41) is 15.9. The maximum atomic E-state index is 12.9. The lowest BCUT2D eigenvalue weighted by atomic mass is 10.2. The van der Waals surface area contributed by atoms with Crippen molar-refractivity contribution in [2.75, 3.05) is 13.2 Å². The molecular formula is C14H13ClFNO3S. The van der Waals surface area contributed by atoms with Gasteiger partial charge >= 0.3 is 0 Å². The zero-order valence-corrected chi connectivity index (χ0v) is 12.5. The fraction of sp³-hybridized carbons (Fsp3) is 0.214. The summed E-state index contributed by atoms with van der Waals surface area (Å²) in [6.45, 7) is -0.137. The number of amides is 1. The average Bonchev–Trinajstić information content (AvgIpc) is 3.00. The predicted octanol–water partition coefficient (Wildman–Crippen LogP) is 2.77. The van der Waals surface area contributed by atoms with Crippen molar-refractivity contribution in [1.29, 1.82) is 0 Å². The Bertz CT molecular complexity index is 606. The van der Waals surface area contributed by atoms with Gasteiger partial charge in [-0.15, -0.1) is 0 Å². The number of halogens is 2. The second-order valence-electron chi connectivity index (χ2n) is 4.24. The molecule has 0 fully saturated rings. The molecule has 0 radical (unpaired) electrons. The molecule has 0 aliphatic carbocycles. The summed E-state index contributed by atoms with van der Waals surface area (Å²) < 4.78 is 18.1. The summed E-state index contributed by atoms with van der Waals surface area (Å²) in [6, 6.07) is 5.63. The molecule has 1 heterocycles. The number of benzene rings is 1. The number of aliphatic hydroxyl groups excluding tert-OH is 1. The normalized spacial score (nSPS) is 12.0. The summed E-state index contributed by atoms with van der Waals surface area (Å²) >= 11 is 7.07. The van der Waals surface area contributed by atoms with Crippen molar-refractivity contribution < 1.29 is 19.0 Å². The van der Waals surface area contributed by atoms with Crippen molar-refractivity contribution in [1.82, 2.24) is 5.32 Å². The maximum Gasteiger partial charge on any atom is 0.258 e. The highest BCUT2D eigenvalue weighted by Gasteiger charge is 2.10. The van der Waals surface area contributed by atoms with Crippen molar-refractivity contribution in [3.63, 3.8) is 0 Å². The molecule has 0 aliphatic heterocycles. The molecule has 2 aromatic rings. The lowest BCUT2D eigenvalue weighted by molar-refractivity contribution is -0.123. The van der Waals surface area contributed by atoms with Crippen LogP contribution in [0.1, 0.15) is 11.7 Å². The summed E-state index contributed by atoms with van der Waals surface area (Å²) in [5.41, 5.74) is 0.756. The molecular weight excluding hydrogens is 317 g/mol. The molecule has 112 valence electrons. The summed E-state index contributed by atoms with van der Waals surface area (Å²) in [6.07, 6.45) is -0.750. The Morgan fingerprint density at radius 2 is 2.29 bits per heavy atom. The molecule has 4 nitrogen and oxygen atoms in total. The highest BCUT2D eigenvalue weighted by molar-refractivity contribution is 7.07. The molecule has 1 amide bonds. The summed E-state index contributed by atoms with van der Waals surface area (Å²) in [4.78, 5) is 11.6. The third kappa shape index (κ3) is 4.70. The molecule has 21 heavy (non-hydrogen) atoms. The second-order valence-corrected chi connectivity index (χ2v) is 5.43. The molecule has 0 spiro atoms. The number of carbonyl (C=O) groups excluding carboxylic acids is 1. The predicted molar refractivity (Wildman–Crippen MR) is 79.2 cm³/mol. The van der Waals surface area contributed by atoms with Crippen LogP contribution in [-0.2, 0) is 4.79 Å². The zero-order valence-electron chi connectivity index (χ0n) is 10.9. The van der Waals surface area contributed by atoms with Crippen molar-refractivity contribution in [2.24, 2.45) is 0 Å². The second kappa shape index (κ2) is 7.40. The minimum atomic E-state index is -0.750. The van der Waals surface area contributed by atoms with E-state index in [0.717, 1.165) is 11.6 Å². The molecule has 1 aromatic heterocycles. The van der Waals surface area contributed by atoms with Crippen LogP contribution in [0.15, 0.2) is 35.0 Å². The van der Waals surface area contributed by atoms with Crippen LogP contribution in [0.2, 0.25) is 5.02 Å². The van der Waals surface area contributed by atoms with E-state index in [9.17, 15) is 14.3 Å². The van der Waals surface area contributed by atoms with Gasteiger partial charge in [-0.3, -0.25) is 4.79 Å². The smallest absolute Gasteiger partial charge is 0.258 e. The number of thiophene rings is 1. The lowest BCUT2D eigenvalue weighted by Crippen LogP contribution is -2.32.